The quantitative estimate of drug-likeness (QED) is 0.730. The summed E-state index contributed by atoms with van der Waals surface area (Å²) < 4.78 is 4.90. The predicted octanol–water partition coefficient (Wildman–Crippen LogP) is 1.12. The van der Waals surface area contributed by atoms with Gasteiger partial charge in [0.1, 0.15) is 5.75 Å². The van der Waals surface area contributed by atoms with Gasteiger partial charge in [-0.05, 0) is 23.8 Å². The number of carbonyl (C=O) groups is 1. The van der Waals surface area contributed by atoms with Crippen molar-refractivity contribution in [3.63, 3.8) is 0 Å². The first-order valence-corrected chi connectivity index (χ1v) is 3.49. The average Bonchev–Trinajstić information content (AvgIpc) is 2.05. The minimum absolute atomic E-state index is 0.00396. The molecule has 0 atom stereocenters. The molecule has 0 saturated heterocycles. The number of rotatable bonds is 3. The molecule has 3 heteroatoms. The number of hydrogen-bond acceptors (Lipinski definition) is 2. The zero-order valence-corrected chi connectivity index (χ0v) is 6.70. The largest absolute Gasteiger partial charge is 0.497 e. The van der Waals surface area contributed by atoms with E-state index in [0.29, 0.717) is 11.3 Å². The van der Waals surface area contributed by atoms with Gasteiger partial charge in [0.2, 0.25) is 0 Å². The molecule has 0 spiro atoms. The van der Waals surface area contributed by atoms with Gasteiger partial charge >= 0.3 is 5.97 Å². The van der Waals surface area contributed by atoms with Crippen LogP contribution in [0.25, 0.3) is 0 Å². The van der Waals surface area contributed by atoms with Crippen molar-refractivity contribution in [3.8, 4) is 5.75 Å². The van der Waals surface area contributed by atoms with E-state index >= 15 is 0 Å². The maximum Gasteiger partial charge on any atom is 0.307 e. The highest BCUT2D eigenvalue weighted by Crippen LogP contribution is 2.10. The fraction of sp³-hybridized carbons (Fsp3) is 0.222. The van der Waals surface area contributed by atoms with Gasteiger partial charge < -0.3 is 9.84 Å². The molecule has 1 radical (unpaired) electrons. The second-order valence-corrected chi connectivity index (χ2v) is 2.32. The predicted molar refractivity (Wildman–Crippen MR) is 43.2 cm³/mol. The number of carboxylic acids is 1. The smallest absolute Gasteiger partial charge is 0.307 e. The lowest BCUT2D eigenvalue weighted by atomic mass is 10.1. The van der Waals surface area contributed by atoms with Crippen LogP contribution in [-0.2, 0) is 11.2 Å². The average molecular weight is 165 g/mol. The second kappa shape index (κ2) is 3.76. The van der Waals surface area contributed by atoms with E-state index in [9.17, 15) is 4.79 Å². The Hall–Kier alpha value is -1.51. The number of aliphatic carboxylic acids is 1. The lowest BCUT2D eigenvalue weighted by molar-refractivity contribution is -0.136. The SMILES string of the molecule is COc1c[c]c(CC(=O)O)cc1. The van der Waals surface area contributed by atoms with Crippen LogP contribution in [0.3, 0.4) is 0 Å². The van der Waals surface area contributed by atoms with Gasteiger partial charge in [-0.15, -0.1) is 0 Å². The highest BCUT2D eigenvalue weighted by Gasteiger charge is 1.99. The summed E-state index contributed by atoms with van der Waals surface area (Å²) in [4.78, 5) is 10.3. The Balaban J connectivity index is 2.71. The molecule has 0 saturated carbocycles. The standard InChI is InChI=1S/C9H9O3/c1-12-8-4-2-7(3-5-8)6-9(10)11/h2,4-5H,6H2,1H3,(H,10,11). The van der Waals surface area contributed by atoms with E-state index < -0.39 is 5.97 Å². The van der Waals surface area contributed by atoms with Crippen LogP contribution < -0.4 is 4.74 Å². The molecule has 3 nitrogen and oxygen atoms in total. The van der Waals surface area contributed by atoms with Gasteiger partial charge in [0.05, 0.1) is 13.5 Å². The third-order valence-corrected chi connectivity index (χ3v) is 1.43. The van der Waals surface area contributed by atoms with Crippen LogP contribution in [0.1, 0.15) is 5.56 Å². The van der Waals surface area contributed by atoms with Crippen LogP contribution in [-0.4, -0.2) is 18.2 Å². The molecule has 0 amide bonds. The third kappa shape index (κ3) is 2.27. The Morgan fingerprint density at radius 1 is 1.67 bits per heavy atom. The van der Waals surface area contributed by atoms with Crippen molar-refractivity contribution in [2.75, 3.05) is 7.11 Å². The molecule has 0 unspecified atom stereocenters. The first-order valence-electron chi connectivity index (χ1n) is 3.49. The molecule has 63 valence electrons. The Labute approximate surface area is 70.6 Å². The molecule has 12 heavy (non-hydrogen) atoms. The highest BCUT2D eigenvalue weighted by molar-refractivity contribution is 5.70. The van der Waals surface area contributed by atoms with Gasteiger partial charge in [0, 0.05) is 0 Å². The van der Waals surface area contributed by atoms with Crippen molar-refractivity contribution in [2.45, 2.75) is 6.42 Å². The van der Waals surface area contributed by atoms with E-state index in [0.717, 1.165) is 0 Å². The summed E-state index contributed by atoms with van der Waals surface area (Å²) >= 11 is 0. The van der Waals surface area contributed by atoms with Crippen LogP contribution in [0.4, 0.5) is 0 Å². The van der Waals surface area contributed by atoms with E-state index in [1.165, 1.54) is 0 Å². The Morgan fingerprint density at radius 2 is 2.42 bits per heavy atom. The molecule has 1 rings (SSSR count). The van der Waals surface area contributed by atoms with Crippen molar-refractivity contribution in [1.29, 1.82) is 0 Å². The summed E-state index contributed by atoms with van der Waals surface area (Å²) in [6.07, 6.45) is 0.00396. The van der Waals surface area contributed by atoms with Crippen LogP contribution in [0, 0.1) is 6.07 Å². The maximum absolute atomic E-state index is 10.3. The summed E-state index contributed by atoms with van der Waals surface area (Å²) in [5, 5.41) is 8.44. The minimum Gasteiger partial charge on any atom is -0.497 e. The Morgan fingerprint density at radius 3 is 2.83 bits per heavy atom. The van der Waals surface area contributed by atoms with E-state index in [1.807, 2.05) is 0 Å². The first-order chi connectivity index (χ1) is 5.72. The molecular formula is C9H9O3. The van der Waals surface area contributed by atoms with E-state index in [-0.39, 0.29) is 6.42 Å². The Bertz CT molecular complexity index is 264. The first kappa shape index (κ1) is 8.59. The molecule has 0 aliphatic carbocycles. The van der Waals surface area contributed by atoms with Gasteiger partial charge in [0.25, 0.3) is 0 Å². The van der Waals surface area contributed by atoms with Crippen LogP contribution in [0.15, 0.2) is 18.2 Å². The van der Waals surface area contributed by atoms with Crippen LogP contribution in [0.2, 0.25) is 0 Å². The van der Waals surface area contributed by atoms with Gasteiger partial charge in [-0.3, -0.25) is 4.79 Å². The number of benzene rings is 1. The highest BCUT2D eigenvalue weighted by atomic mass is 16.5. The molecule has 0 bridgehead atoms. The van der Waals surface area contributed by atoms with Crippen molar-refractivity contribution >= 4 is 5.97 Å². The van der Waals surface area contributed by atoms with Gasteiger partial charge in [-0.25, -0.2) is 0 Å². The zero-order valence-electron chi connectivity index (χ0n) is 6.70. The monoisotopic (exact) mass is 165 g/mol. The van der Waals surface area contributed by atoms with E-state index in [2.05, 4.69) is 6.07 Å². The van der Waals surface area contributed by atoms with Crippen molar-refractivity contribution in [3.05, 3.63) is 29.8 Å². The molecule has 1 aromatic rings. The summed E-state index contributed by atoms with van der Waals surface area (Å²) in [6, 6.07) is 7.84. The van der Waals surface area contributed by atoms with Gasteiger partial charge in [0.15, 0.2) is 0 Å². The number of ether oxygens (including phenoxy) is 1. The fourth-order valence-corrected chi connectivity index (χ4v) is 0.843. The topological polar surface area (TPSA) is 46.5 Å². The lowest BCUT2D eigenvalue weighted by Gasteiger charge is -1.99. The number of carboxylic acid groups (broad SMARTS) is 1. The number of methoxy groups -OCH3 is 1. The van der Waals surface area contributed by atoms with Gasteiger partial charge in [-0.2, -0.15) is 0 Å². The van der Waals surface area contributed by atoms with E-state index in [4.69, 9.17) is 9.84 Å². The van der Waals surface area contributed by atoms with Crippen LogP contribution in [0.5, 0.6) is 5.75 Å². The lowest BCUT2D eigenvalue weighted by Crippen LogP contribution is -1.99. The van der Waals surface area contributed by atoms with Crippen molar-refractivity contribution in [1.82, 2.24) is 0 Å². The summed E-state index contributed by atoms with van der Waals surface area (Å²) in [5.41, 5.74) is 0.656. The molecule has 0 aliphatic heterocycles. The summed E-state index contributed by atoms with van der Waals surface area (Å²) in [6.45, 7) is 0. The second-order valence-electron chi connectivity index (χ2n) is 2.32. The molecule has 0 aromatic heterocycles. The number of hydrogen-bond donors (Lipinski definition) is 1. The summed E-state index contributed by atoms with van der Waals surface area (Å²) in [5.74, 6) is -0.166. The fourth-order valence-electron chi connectivity index (χ4n) is 0.843. The maximum atomic E-state index is 10.3. The summed E-state index contributed by atoms with van der Waals surface area (Å²) in [7, 11) is 1.56. The molecule has 0 fully saturated rings. The molecule has 1 aromatic carbocycles. The molecule has 0 aliphatic rings. The van der Waals surface area contributed by atoms with Crippen LogP contribution >= 0.6 is 0 Å². The zero-order chi connectivity index (χ0) is 8.97. The minimum atomic E-state index is -0.851. The van der Waals surface area contributed by atoms with E-state index in [1.54, 1.807) is 25.3 Å². The van der Waals surface area contributed by atoms with Crippen molar-refractivity contribution in [2.24, 2.45) is 0 Å². The molecule has 1 N–H and O–H groups in total. The molecule has 0 heterocycles. The van der Waals surface area contributed by atoms with Crippen molar-refractivity contribution < 1.29 is 14.6 Å². The molecular weight excluding hydrogens is 156 g/mol. The normalized spacial score (nSPS) is 9.42. The Kier molecular flexibility index (Phi) is 2.69. The van der Waals surface area contributed by atoms with Gasteiger partial charge in [-0.1, -0.05) is 6.07 Å². The third-order valence-electron chi connectivity index (χ3n) is 1.43.